The predicted octanol–water partition coefficient (Wildman–Crippen LogP) is 1.74. The van der Waals surface area contributed by atoms with Gasteiger partial charge in [-0.25, -0.2) is 0 Å². The van der Waals surface area contributed by atoms with Gasteiger partial charge in [0.15, 0.2) is 0 Å². The SMILES string of the molecule is CC1CCCNC1C(=O)N(C)Cc1ccc(O)cc1. The van der Waals surface area contributed by atoms with E-state index >= 15 is 0 Å². The molecule has 1 saturated heterocycles. The van der Waals surface area contributed by atoms with Gasteiger partial charge >= 0.3 is 0 Å². The van der Waals surface area contributed by atoms with E-state index in [1.165, 1.54) is 0 Å². The fourth-order valence-corrected chi connectivity index (χ4v) is 2.57. The van der Waals surface area contributed by atoms with Gasteiger partial charge in [0.25, 0.3) is 0 Å². The normalized spacial score (nSPS) is 23.1. The van der Waals surface area contributed by atoms with Crippen LogP contribution in [-0.4, -0.2) is 35.5 Å². The summed E-state index contributed by atoms with van der Waals surface area (Å²) in [4.78, 5) is 14.1. The number of amides is 1. The molecular weight excluding hydrogens is 240 g/mol. The van der Waals surface area contributed by atoms with Crippen molar-refractivity contribution in [2.24, 2.45) is 5.92 Å². The highest BCUT2D eigenvalue weighted by Crippen LogP contribution is 2.18. The van der Waals surface area contributed by atoms with Crippen LogP contribution in [-0.2, 0) is 11.3 Å². The van der Waals surface area contributed by atoms with Crippen molar-refractivity contribution >= 4 is 5.91 Å². The molecule has 0 aliphatic carbocycles. The number of carbonyl (C=O) groups is 1. The van der Waals surface area contributed by atoms with Crippen LogP contribution in [0.5, 0.6) is 5.75 Å². The van der Waals surface area contributed by atoms with Crippen LogP contribution in [0.3, 0.4) is 0 Å². The smallest absolute Gasteiger partial charge is 0.240 e. The Morgan fingerprint density at radius 3 is 2.74 bits per heavy atom. The molecule has 0 saturated carbocycles. The van der Waals surface area contributed by atoms with Crippen molar-refractivity contribution in [2.75, 3.05) is 13.6 Å². The molecule has 1 aliphatic rings. The number of rotatable bonds is 3. The van der Waals surface area contributed by atoms with Crippen molar-refractivity contribution in [3.8, 4) is 5.75 Å². The van der Waals surface area contributed by atoms with Crippen molar-refractivity contribution in [3.63, 3.8) is 0 Å². The van der Waals surface area contributed by atoms with Gasteiger partial charge in [0, 0.05) is 13.6 Å². The summed E-state index contributed by atoms with van der Waals surface area (Å²) in [5, 5.41) is 12.6. The number of benzene rings is 1. The third kappa shape index (κ3) is 3.47. The molecule has 0 aromatic heterocycles. The summed E-state index contributed by atoms with van der Waals surface area (Å²) >= 11 is 0. The molecular formula is C15H22N2O2. The minimum Gasteiger partial charge on any atom is -0.508 e. The first kappa shape index (κ1) is 13.9. The lowest BCUT2D eigenvalue weighted by atomic mass is 9.92. The molecule has 2 unspecified atom stereocenters. The predicted molar refractivity (Wildman–Crippen MR) is 74.8 cm³/mol. The van der Waals surface area contributed by atoms with Crippen LogP contribution >= 0.6 is 0 Å². The fraction of sp³-hybridized carbons (Fsp3) is 0.533. The fourth-order valence-electron chi connectivity index (χ4n) is 2.57. The Balaban J connectivity index is 1.96. The van der Waals surface area contributed by atoms with Crippen LogP contribution in [0, 0.1) is 5.92 Å². The largest absolute Gasteiger partial charge is 0.508 e. The zero-order chi connectivity index (χ0) is 13.8. The second-order valence-electron chi connectivity index (χ2n) is 5.41. The molecule has 0 radical (unpaired) electrons. The maximum Gasteiger partial charge on any atom is 0.240 e. The van der Waals surface area contributed by atoms with Crippen molar-refractivity contribution in [1.82, 2.24) is 10.2 Å². The third-order valence-electron chi connectivity index (χ3n) is 3.77. The van der Waals surface area contributed by atoms with Gasteiger partial charge in [-0.05, 0) is 43.0 Å². The van der Waals surface area contributed by atoms with Gasteiger partial charge < -0.3 is 15.3 Å². The van der Waals surface area contributed by atoms with E-state index in [9.17, 15) is 9.90 Å². The average molecular weight is 262 g/mol. The lowest BCUT2D eigenvalue weighted by Crippen LogP contribution is -2.51. The van der Waals surface area contributed by atoms with Gasteiger partial charge in [0.2, 0.25) is 5.91 Å². The Labute approximate surface area is 114 Å². The van der Waals surface area contributed by atoms with Gasteiger partial charge in [-0.2, -0.15) is 0 Å². The summed E-state index contributed by atoms with van der Waals surface area (Å²) < 4.78 is 0. The van der Waals surface area contributed by atoms with E-state index in [0.717, 1.165) is 24.9 Å². The zero-order valence-electron chi connectivity index (χ0n) is 11.6. The highest BCUT2D eigenvalue weighted by molar-refractivity contribution is 5.82. The van der Waals surface area contributed by atoms with Crippen LogP contribution in [0.1, 0.15) is 25.3 Å². The summed E-state index contributed by atoms with van der Waals surface area (Å²) in [5.41, 5.74) is 1.03. The van der Waals surface area contributed by atoms with E-state index in [4.69, 9.17) is 0 Å². The van der Waals surface area contributed by atoms with Crippen LogP contribution in [0.25, 0.3) is 0 Å². The summed E-state index contributed by atoms with van der Waals surface area (Å²) in [6, 6.07) is 6.92. The van der Waals surface area contributed by atoms with Crippen LogP contribution in [0.4, 0.5) is 0 Å². The number of aromatic hydroxyl groups is 1. The summed E-state index contributed by atoms with van der Waals surface area (Å²) in [5.74, 6) is 0.795. The molecule has 2 N–H and O–H groups in total. The third-order valence-corrected chi connectivity index (χ3v) is 3.77. The van der Waals surface area contributed by atoms with Crippen molar-refractivity contribution in [2.45, 2.75) is 32.4 Å². The van der Waals surface area contributed by atoms with Crippen LogP contribution in [0.2, 0.25) is 0 Å². The molecule has 4 heteroatoms. The Bertz CT molecular complexity index is 430. The molecule has 1 aliphatic heterocycles. The number of nitrogens with one attached hydrogen (secondary N) is 1. The molecule has 4 nitrogen and oxygen atoms in total. The van der Waals surface area contributed by atoms with E-state index in [0.29, 0.717) is 12.5 Å². The number of likely N-dealkylation sites (N-methyl/N-ethyl adjacent to an activating group) is 1. The summed E-state index contributed by atoms with van der Waals surface area (Å²) in [6.45, 7) is 3.63. The van der Waals surface area contributed by atoms with Gasteiger partial charge in [0.1, 0.15) is 5.75 Å². The first-order chi connectivity index (χ1) is 9.08. The quantitative estimate of drug-likeness (QED) is 0.872. The number of hydrogen-bond acceptors (Lipinski definition) is 3. The van der Waals surface area contributed by atoms with Crippen molar-refractivity contribution in [1.29, 1.82) is 0 Å². The average Bonchev–Trinajstić information content (AvgIpc) is 2.41. The van der Waals surface area contributed by atoms with Gasteiger partial charge in [-0.3, -0.25) is 4.79 Å². The molecule has 19 heavy (non-hydrogen) atoms. The Morgan fingerprint density at radius 2 is 2.11 bits per heavy atom. The van der Waals surface area contributed by atoms with Gasteiger partial charge in [-0.1, -0.05) is 19.1 Å². The van der Waals surface area contributed by atoms with Gasteiger partial charge in [-0.15, -0.1) is 0 Å². The van der Waals surface area contributed by atoms with Gasteiger partial charge in [0.05, 0.1) is 6.04 Å². The molecule has 2 rings (SSSR count). The minimum absolute atomic E-state index is 0.0594. The number of phenols is 1. The number of hydrogen-bond donors (Lipinski definition) is 2. The van der Waals surface area contributed by atoms with E-state index < -0.39 is 0 Å². The highest BCUT2D eigenvalue weighted by Gasteiger charge is 2.29. The second kappa shape index (κ2) is 6.06. The number of phenolic OH excluding ortho intramolecular Hbond substituents is 1. The van der Waals surface area contributed by atoms with Crippen LogP contribution < -0.4 is 5.32 Å². The molecule has 104 valence electrons. The zero-order valence-corrected chi connectivity index (χ0v) is 11.6. The van der Waals surface area contributed by atoms with E-state index in [1.54, 1.807) is 17.0 Å². The highest BCUT2D eigenvalue weighted by atomic mass is 16.3. The Hall–Kier alpha value is -1.55. The Kier molecular flexibility index (Phi) is 4.43. The lowest BCUT2D eigenvalue weighted by molar-refractivity contribution is -0.134. The first-order valence-electron chi connectivity index (χ1n) is 6.84. The molecule has 2 atom stereocenters. The standard InChI is InChI=1S/C15H22N2O2/c1-11-4-3-9-16-14(11)15(19)17(2)10-12-5-7-13(18)8-6-12/h5-8,11,14,16,18H,3-4,9-10H2,1-2H3. The van der Waals surface area contributed by atoms with Crippen LogP contribution in [0.15, 0.2) is 24.3 Å². The molecule has 1 aromatic carbocycles. The number of carbonyl (C=O) groups excluding carboxylic acids is 1. The summed E-state index contributed by atoms with van der Waals surface area (Å²) in [6.07, 6.45) is 2.25. The lowest BCUT2D eigenvalue weighted by Gasteiger charge is -2.32. The molecule has 1 heterocycles. The Morgan fingerprint density at radius 1 is 1.42 bits per heavy atom. The summed E-state index contributed by atoms with van der Waals surface area (Å²) in [7, 11) is 1.83. The molecule has 0 bridgehead atoms. The topological polar surface area (TPSA) is 52.6 Å². The molecule has 1 fully saturated rings. The van der Waals surface area contributed by atoms with E-state index in [2.05, 4.69) is 12.2 Å². The number of piperidine rings is 1. The monoisotopic (exact) mass is 262 g/mol. The van der Waals surface area contributed by atoms with E-state index in [-0.39, 0.29) is 17.7 Å². The molecule has 1 amide bonds. The van der Waals surface area contributed by atoms with Crippen molar-refractivity contribution < 1.29 is 9.90 Å². The molecule has 1 aromatic rings. The first-order valence-corrected chi connectivity index (χ1v) is 6.84. The van der Waals surface area contributed by atoms with Crippen molar-refractivity contribution in [3.05, 3.63) is 29.8 Å². The second-order valence-corrected chi connectivity index (χ2v) is 5.41. The van der Waals surface area contributed by atoms with E-state index in [1.807, 2.05) is 19.2 Å². The maximum atomic E-state index is 12.4. The molecule has 0 spiro atoms. The minimum atomic E-state index is -0.0594. The maximum absolute atomic E-state index is 12.4. The number of nitrogens with zero attached hydrogens (tertiary/aromatic N) is 1.